The van der Waals surface area contributed by atoms with Crippen molar-refractivity contribution >= 4 is 38.1 Å². The number of aliphatic hydroxyl groups excluding tert-OH is 1. The molecule has 86 valence electrons. The smallest absolute Gasteiger partial charge is 0.119 e. The third-order valence-corrected chi connectivity index (χ3v) is 2.62. The molecular formula is C10H20Br2O2. The second kappa shape index (κ2) is 19.2. The molecule has 0 aliphatic carbocycles. The van der Waals surface area contributed by atoms with Crippen LogP contribution in [0.1, 0.15) is 38.5 Å². The van der Waals surface area contributed by atoms with E-state index < -0.39 is 0 Å². The molecule has 0 spiro atoms. The van der Waals surface area contributed by atoms with Gasteiger partial charge in [0.25, 0.3) is 0 Å². The van der Waals surface area contributed by atoms with E-state index in [0.717, 1.165) is 42.6 Å². The Hall–Kier alpha value is 0.590. The van der Waals surface area contributed by atoms with Crippen molar-refractivity contribution in [2.45, 2.75) is 38.5 Å². The van der Waals surface area contributed by atoms with Crippen molar-refractivity contribution < 1.29 is 9.90 Å². The van der Waals surface area contributed by atoms with Gasteiger partial charge in [0.05, 0.1) is 0 Å². The Labute approximate surface area is 104 Å². The minimum Gasteiger partial charge on any atom is -0.396 e. The number of halogens is 2. The first-order valence-electron chi connectivity index (χ1n) is 4.99. The Kier molecular flexibility index (Phi) is 23.3. The molecule has 0 aromatic carbocycles. The molecular weight excluding hydrogens is 312 g/mol. The maximum absolute atomic E-state index is 9.66. The number of aldehydes is 1. The van der Waals surface area contributed by atoms with Gasteiger partial charge in [-0.2, -0.15) is 0 Å². The highest BCUT2D eigenvalue weighted by atomic mass is 79.9. The van der Waals surface area contributed by atoms with E-state index in [-0.39, 0.29) is 0 Å². The molecule has 0 aromatic rings. The molecule has 0 radical (unpaired) electrons. The third-order valence-electron chi connectivity index (χ3n) is 1.50. The first-order chi connectivity index (χ1) is 6.83. The van der Waals surface area contributed by atoms with Gasteiger partial charge < -0.3 is 9.90 Å². The number of aliphatic hydroxyl groups is 1. The van der Waals surface area contributed by atoms with E-state index in [2.05, 4.69) is 31.9 Å². The summed E-state index contributed by atoms with van der Waals surface area (Å²) in [5, 5.41) is 10.4. The number of carbonyl (C=O) groups excluding carboxylic acids is 1. The lowest BCUT2D eigenvalue weighted by atomic mass is 10.3. The zero-order chi connectivity index (χ0) is 11.1. The van der Waals surface area contributed by atoms with E-state index in [9.17, 15) is 4.79 Å². The monoisotopic (exact) mass is 330 g/mol. The zero-order valence-electron chi connectivity index (χ0n) is 8.55. The second-order valence-corrected chi connectivity index (χ2v) is 4.41. The molecule has 0 saturated heterocycles. The van der Waals surface area contributed by atoms with Crippen LogP contribution in [0.5, 0.6) is 0 Å². The van der Waals surface area contributed by atoms with Gasteiger partial charge in [0.1, 0.15) is 6.29 Å². The van der Waals surface area contributed by atoms with Crippen LogP contribution in [0, 0.1) is 0 Å². The van der Waals surface area contributed by atoms with E-state index in [1.165, 1.54) is 6.42 Å². The number of hydrogen-bond acceptors (Lipinski definition) is 2. The molecule has 0 aliphatic heterocycles. The van der Waals surface area contributed by atoms with E-state index in [0.29, 0.717) is 13.0 Å². The lowest BCUT2D eigenvalue weighted by Gasteiger charge is -1.89. The van der Waals surface area contributed by atoms with Gasteiger partial charge in [-0.05, 0) is 25.7 Å². The van der Waals surface area contributed by atoms with Gasteiger partial charge in [0, 0.05) is 23.7 Å². The zero-order valence-corrected chi connectivity index (χ0v) is 11.7. The SMILES string of the molecule is O=CCCCCBr.OCCCCCBr. The molecule has 2 nitrogen and oxygen atoms in total. The Balaban J connectivity index is 0. The van der Waals surface area contributed by atoms with Gasteiger partial charge in [-0.3, -0.25) is 0 Å². The lowest BCUT2D eigenvalue weighted by molar-refractivity contribution is -0.107. The molecule has 0 atom stereocenters. The van der Waals surface area contributed by atoms with Crippen LogP contribution in [0.15, 0.2) is 0 Å². The Morgan fingerprint density at radius 3 is 1.93 bits per heavy atom. The van der Waals surface area contributed by atoms with Crippen molar-refractivity contribution in [1.82, 2.24) is 0 Å². The van der Waals surface area contributed by atoms with Gasteiger partial charge in [0.2, 0.25) is 0 Å². The highest BCUT2D eigenvalue weighted by molar-refractivity contribution is 9.09. The third kappa shape index (κ3) is 22.9. The fourth-order valence-electron chi connectivity index (χ4n) is 0.705. The van der Waals surface area contributed by atoms with E-state index >= 15 is 0 Å². The summed E-state index contributed by atoms with van der Waals surface area (Å²) in [5.41, 5.74) is 0. The first-order valence-corrected chi connectivity index (χ1v) is 7.24. The summed E-state index contributed by atoms with van der Waals surface area (Å²) < 4.78 is 0. The number of rotatable bonds is 8. The number of alkyl halides is 2. The fraction of sp³-hybridized carbons (Fsp3) is 0.900. The van der Waals surface area contributed by atoms with Crippen molar-refractivity contribution in [2.24, 2.45) is 0 Å². The topological polar surface area (TPSA) is 37.3 Å². The average Bonchev–Trinajstić information content (AvgIpc) is 2.21. The van der Waals surface area contributed by atoms with Crippen LogP contribution in [0.3, 0.4) is 0 Å². The van der Waals surface area contributed by atoms with Gasteiger partial charge in [-0.25, -0.2) is 0 Å². The molecule has 1 N–H and O–H groups in total. The van der Waals surface area contributed by atoms with Crippen molar-refractivity contribution in [3.8, 4) is 0 Å². The molecule has 0 bridgehead atoms. The first kappa shape index (κ1) is 17.0. The average molecular weight is 332 g/mol. The number of hydrogen-bond donors (Lipinski definition) is 1. The summed E-state index contributed by atoms with van der Waals surface area (Å²) in [5.74, 6) is 0. The predicted molar refractivity (Wildman–Crippen MR) is 68.4 cm³/mol. The summed E-state index contributed by atoms with van der Waals surface area (Å²) >= 11 is 6.56. The Morgan fingerprint density at radius 1 is 0.929 bits per heavy atom. The molecule has 0 heterocycles. The molecule has 4 heteroatoms. The van der Waals surface area contributed by atoms with Crippen LogP contribution < -0.4 is 0 Å². The van der Waals surface area contributed by atoms with Crippen LogP contribution in [0.4, 0.5) is 0 Å². The number of unbranched alkanes of at least 4 members (excludes halogenated alkanes) is 4. The predicted octanol–water partition coefficient (Wildman–Crippen LogP) is 3.29. The Bertz CT molecular complexity index is 96.1. The lowest BCUT2D eigenvalue weighted by Crippen LogP contribution is -1.82. The molecule has 0 amide bonds. The number of carbonyl (C=O) groups is 1. The largest absolute Gasteiger partial charge is 0.396 e. The van der Waals surface area contributed by atoms with E-state index in [1.54, 1.807) is 0 Å². The van der Waals surface area contributed by atoms with Crippen LogP contribution in [0.25, 0.3) is 0 Å². The van der Waals surface area contributed by atoms with Crippen molar-refractivity contribution in [2.75, 3.05) is 17.3 Å². The van der Waals surface area contributed by atoms with Crippen LogP contribution in [-0.4, -0.2) is 28.7 Å². The summed E-state index contributed by atoms with van der Waals surface area (Å²) in [6, 6.07) is 0. The summed E-state index contributed by atoms with van der Waals surface area (Å²) in [4.78, 5) is 9.66. The minimum absolute atomic E-state index is 0.340. The van der Waals surface area contributed by atoms with Gasteiger partial charge in [-0.1, -0.05) is 38.3 Å². The second-order valence-electron chi connectivity index (χ2n) is 2.82. The molecule has 0 aromatic heterocycles. The van der Waals surface area contributed by atoms with Crippen molar-refractivity contribution in [1.29, 1.82) is 0 Å². The molecule has 0 fully saturated rings. The van der Waals surface area contributed by atoms with Crippen molar-refractivity contribution in [3.05, 3.63) is 0 Å². The standard InChI is InChI=1S/C5H11BrO.C5H9BrO/c2*6-4-2-1-3-5-7/h7H,1-5H2;5H,1-4H2. The maximum atomic E-state index is 9.66. The van der Waals surface area contributed by atoms with E-state index in [1.807, 2.05) is 0 Å². The van der Waals surface area contributed by atoms with Gasteiger partial charge in [-0.15, -0.1) is 0 Å². The Morgan fingerprint density at radius 2 is 1.50 bits per heavy atom. The van der Waals surface area contributed by atoms with Crippen molar-refractivity contribution in [3.63, 3.8) is 0 Å². The summed E-state index contributed by atoms with van der Waals surface area (Å²) in [6.45, 7) is 0.340. The van der Waals surface area contributed by atoms with Crippen LogP contribution >= 0.6 is 31.9 Å². The molecule has 0 rings (SSSR count). The summed E-state index contributed by atoms with van der Waals surface area (Å²) in [7, 11) is 0. The molecule has 0 unspecified atom stereocenters. The highest BCUT2D eigenvalue weighted by Gasteiger charge is 1.82. The highest BCUT2D eigenvalue weighted by Crippen LogP contribution is 1.96. The minimum atomic E-state index is 0.340. The summed E-state index contributed by atoms with van der Waals surface area (Å²) in [6.07, 6.45) is 7.08. The van der Waals surface area contributed by atoms with Gasteiger partial charge in [0.15, 0.2) is 0 Å². The molecule has 14 heavy (non-hydrogen) atoms. The van der Waals surface area contributed by atoms with Crippen LogP contribution in [-0.2, 0) is 4.79 Å². The van der Waals surface area contributed by atoms with Crippen LogP contribution in [0.2, 0.25) is 0 Å². The normalized spacial score (nSPS) is 9.07. The fourth-order valence-corrected chi connectivity index (χ4v) is 1.50. The van der Waals surface area contributed by atoms with E-state index in [4.69, 9.17) is 5.11 Å². The molecule has 0 aliphatic rings. The maximum Gasteiger partial charge on any atom is 0.119 e. The quantitative estimate of drug-likeness (QED) is 0.421. The molecule has 0 saturated carbocycles. The van der Waals surface area contributed by atoms with Gasteiger partial charge >= 0.3 is 0 Å².